The Morgan fingerprint density at radius 1 is 1.19 bits per heavy atom. The first-order chi connectivity index (χ1) is 12.9. The topological polar surface area (TPSA) is 84.9 Å². The third-order valence-electron chi connectivity index (χ3n) is 5.18. The standard InChI is InChI=1S/C19H30N2O5S/c1-4-15(5-2)18(21-10-12-26-13-11-21)14-20-27(23,24)17-8-6-16(7-9-17)19(22)25-3/h6-9,15,18,20H,4-5,10-14H2,1-3H3. The summed E-state index contributed by atoms with van der Waals surface area (Å²) in [4.78, 5) is 14.0. The van der Waals surface area contributed by atoms with E-state index in [2.05, 4.69) is 28.2 Å². The van der Waals surface area contributed by atoms with E-state index in [1.807, 2.05) is 0 Å². The maximum atomic E-state index is 12.7. The fraction of sp³-hybridized carbons (Fsp3) is 0.632. The predicted octanol–water partition coefficient (Wildman–Crippen LogP) is 1.89. The summed E-state index contributed by atoms with van der Waals surface area (Å²) in [6.45, 7) is 7.63. The predicted molar refractivity (Wildman–Crippen MR) is 103 cm³/mol. The summed E-state index contributed by atoms with van der Waals surface area (Å²) in [7, 11) is -2.36. The summed E-state index contributed by atoms with van der Waals surface area (Å²) in [5, 5.41) is 0. The molecule has 0 amide bonds. The van der Waals surface area contributed by atoms with Gasteiger partial charge in [-0.15, -0.1) is 0 Å². The first-order valence-corrected chi connectivity index (χ1v) is 10.9. The number of methoxy groups -OCH3 is 1. The molecule has 1 aliphatic heterocycles. The Morgan fingerprint density at radius 2 is 1.78 bits per heavy atom. The quantitative estimate of drug-likeness (QED) is 0.640. The van der Waals surface area contributed by atoms with E-state index in [-0.39, 0.29) is 10.9 Å². The lowest BCUT2D eigenvalue weighted by atomic mass is 9.92. The number of sulfonamides is 1. The van der Waals surface area contributed by atoms with Crippen molar-refractivity contribution in [2.24, 2.45) is 5.92 Å². The van der Waals surface area contributed by atoms with E-state index in [0.29, 0.717) is 31.2 Å². The third kappa shape index (κ3) is 5.75. The van der Waals surface area contributed by atoms with Crippen molar-refractivity contribution in [3.05, 3.63) is 29.8 Å². The van der Waals surface area contributed by atoms with Crippen molar-refractivity contribution >= 4 is 16.0 Å². The van der Waals surface area contributed by atoms with Crippen molar-refractivity contribution in [3.63, 3.8) is 0 Å². The van der Waals surface area contributed by atoms with E-state index in [9.17, 15) is 13.2 Å². The van der Waals surface area contributed by atoms with Crippen molar-refractivity contribution in [1.29, 1.82) is 0 Å². The molecule has 2 rings (SSSR count). The number of carbonyl (C=O) groups is 1. The molecule has 1 atom stereocenters. The molecular weight excluding hydrogens is 368 g/mol. The molecule has 0 radical (unpaired) electrons. The van der Waals surface area contributed by atoms with Crippen LogP contribution in [-0.2, 0) is 19.5 Å². The lowest BCUT2D eigenvalue weighted by Gasteiger charge is -2.38. The summed E-state index contributed by atoms with van der Waals surface area (Å²) in [6.07, 6.45) is 1.99. The van der Waals surface area contributed by atoms with Gasteiger partial charge in [-0.1, -0.05) is 26.7 Å². The van der Waals surface area contributed by atoms with Crippen molar-refractivity contribution in [3.8, 4) is 0 Å². The Hall–Kier alpha value is -1.48. The fourth-order valence-corrected chi connectivity index (χ4v) is 4.55. The lowest BCUT2D eigenvalue weighted by molar-refractivity contribution is 0.00297. The largest absolute Gasteiger partial charge is 0.465 e. The summed E-state index contributed by atoms with van der Waals surface area (Å²) in [5.74, 6) is -0.0828. The van der Waals surface area contributed by atoms with Gasteiger partial charge in [0, 0.05) is 25.7 Å². The minimum atomic E-state index is -3.65. The van der Waals surface area contributed by atoms with Gasteiger partial charge in [-0.25, -0.2) is 17.9 Å². The Kier molecular flexibility index (Phi) is 8.22. The monoisotopic (exact) mass is 398 g/mol. The molecule has 0 aliphatic carbocycles. The van der Waals surface area contributed by atoms with Crippen LogP contribution in [0.2, 0.25) is 0 Å². The van der Waals surface area contributed by atoms with E-state index in [4.69, 9.17) is 4.74 Å². The average Bonchev–Trinajstić information content (AvgIpc) is 2.71. The Balaban J connectivity index is 2.10. The van der Waals surface area contributed by atoms with E-state index in [0.717, 1.165) is 25.9 Å². The van der Waals surface area contributed by atoms with Gasteiger partial charge in [-0.05, 0) is 30.2 Å². The molecule has 152 valence electrons. The number of hydrogen-bond acceptors (Lipinski definition) is 6. The summed E-state index contributed by atoms with van der Waals surface area (Å²) in [6, 6.07) is 5.90. The van der Waals surface area contributed by atoms with E-state index >= 15 is 0 Å². The highest BCUT2D eigenvalue weighted by atomic mass is 32.2. The number of esters is 1. The minimum absolute atomic E-state index is 0.132. The van der Waals surface area contributed by atoms with Crippen LogP contribution >= 0.6 is 0 Å². The molecule has 1 fully saturated rings. The van der Waals surface area contributed by atoms with Crippen LogP contribution in [0.15, 0.2) is 29.2 Å². The zero-order valence-corrected chi connectivity index (χ0v) is 17.1. The van der Waals surface area contributed by atoms with Crippen molar-refractivity contribution in [2.75, 3.05) is 40.0 Å². The van der Waals surface area contributed by atoms with Crippen LogP contribution < -0.4 is 4.72 Å². The molecule has 1 aliphatic rings. The molecule has 27 heavy (non-hydrogen) atoms. The number of carbonyl (C=O) groups excluding carboxylic acids is 1. The lowest BCUT2D eigenvalue weighted by Crippen LogP contribution is -2.52. The Bertz CT molecular complexity index is 695. The molecule has 0 bridgehead atoms. The number of nitrogens with one attached hydrogen (secondary N) is 1. The van der Waals surface area contributed by atoms with Crippen molar-refractivity contribution in [1.82, 2.24) is 9.62 Å². The maximum Gasteiger partial charge on any atom is 0.337 e. The van der Waals surface area contributed by atoms with Gasteiger partial charge in [-0.2, -0.15) is 0 Å². The van der Waals surface area contributed by atoms with Gasteiger partial charge in [0.05, 0.1) is 30.8 Å². The molecule has 1 heterocycles. The summed E-state index contributed by atoms with van der Waals surface area (Å²) >= 11 is 0. The molecule has 1 saturated heterocycles. The highest BCUT2D eigenvalue weighted by Crippen LogP contribution is 2.20. The SMILES string of the molecule is CCC(CC)C(CNS(=O)(=O)c1ccc(C(=O)OC)cc1)N1CCOCC1. The molecule has 1 aromatic rings. The molecule has 1 N–H and O–H groups in total. The smallest absolute Gasteiger partial charge is 0.337 e. The highest BCUT2D eigenvalue weighted by Gasteiger charge is 2.28. The molecule has 0 aromatic heterocycles. The first-order valence-electron chi connectivity index (χ1n) is 9.42. The number of morpholine rings is 1. The van der Waals surface area contributed by atoms with Crippen LogP contribution in [-0.4, -0.2) is 65.3 Å². The van der Waals surface area contributed by atoms with Crippen molar-refractivity contribution in [2.45, 2.75) is 37.6 Å². The van der Waals surface area contributed by atoms with Crippen LogP contribution in [0.1, 0.15) is 37.0 Å². The normalized spacial score (nSPS) is 17.0. The average molecular weight is 399 g/mol. The molecule has 1 unspecified atom stereocenters. The van der Waals surface area contributed by atoms with Gasteiger partial charge in [-0.3, -0.25) is 4.90 Å². The van der Waals surface area contributed by atoms with E-state index in [1.54, 1.807) is 0 Å². The second kappa shape index (κ2) is 10.2. The molecule has 1 aromatic carbocycles. The molecule has 0 saturated carbocycles. The number of benzene rings is 1. The molecular formula is C19H30N2O5S. The second-order valence-electron chi connectivity index (χ2n) is 6.66. The highest BCUT2D eigenvalue weighted by molar-refractivity contribution is 7.89. The molecule has 0 spiro atoms. The third-order valence-corrected chi connectivity index (χ3v) is 6.62. The van der Waals surface area contributed by atoms with Crippen LogP contribution in [0.4, 0.5) is 0 Å². The van der Waals surface area contributed by atoms with Crippen molar-refractivity contribution < 1.29 is 22.7 Å². The van der Waals surface area contributed by atoms with Gasteiger partial charge in [0.2, 0.25) is 10.0 Å². The number of rotatable bonds is 9. The number of ether oxygens (including phenoxy) is 2. The number of nitrogens with zero attached hydrogens (tertiary/aromatic N) is 1. The second-order valence-corrected chi connectivity index (χ2v) is 8.43. The zero-order chi connectivity index (χ0) is 19.9. The summed E-state index contributed by atoms with van der Waals surface area (Å²) < 4.78 is 38.2. The number of hydrogen-bond donors (Lipinski definition) is 1. The van der Waals surface area contributed by atoms with Crippen LogP contribution in [0.5, 0.6) is 0 Å². The Morgan fingerprint density at radius 3 is 2.30 bits per heavy atom. The van der Waals surface area contributed by atoms with Crippen LogP contribution in [0.25, 0.3) is 0 Å². The molecule has 8 heteroatoms. The van der Waals surface area contributed by atoms with Gasteiger partial charge in [0.15, 0.2) is 0 Å². The summed E-state index contributed by atoms with van der Waals surface area (Å²) in [5.41, 5.74) is 0.319. The Labute approximate surface area is 162 Å². The van der Waals surface area contributed by atoms with Gasteiger partial charge < -0.3 is 9.47 Å². The van der Waals surface area contributed by atoms with Crippen LogP contribution in [0.3, 0.4) is 0 Å². The minimum Gasteiger partial charge on any atom is -0.465 e. The maximum absolute atomic E-state index is 12.7. The molecule has 7 nitrogen and oxygen atoms in total. The van der Waals surface area contributed by atoms with Gasteiger partial charge >= 0.3 is 5.97 Å². The van der Waals surface area contributed by atoms with E-state index < -0.39 is 16.0 Å². The van der Waals surface area contributed by atoms with E-state index in [1.165, 1.54) is 31.4 Å². The van der Waals surface area contributed by atoms with Gasteiger partial charge in [0.1, 0.15) is 0 Å². The van der Waals surface area contributed by atoms with Gasteiger partial charge in [0.25, 0.3) is 0 Å². The first kappa shape index (κ1) is 21.8. The van der Waals surface area contributed by atoms with Crippen LogP contribution in [0, 0.1) is 5.92 Å². The zero-order valence-electron chi connectivity index (χ0n) is 16.3. The fourth-order valence-electron chi connectivity index (χ4n) is 3.50.